The second-order valence-electron chi connectivity index (χ2n) is 3.44. The van der Waals surface area contributed by atoms with Crippen LogP contribution >= 0.6 is 11.3 Å². The van der Waals surface area contributed by atoms with Gasteiger partial charge in [0.25, 0.3) is 0 Å². The quantitative estimate of drug-likeness (QED) is 0.799. The van der Waals surface area contributed by atoms with E-state index < -0.39 is 0 Å². The first kappa shape index (κ1) is 10.9. The third kappa shape index (κ3) is 2.72. The van der Waals surface area contributed by atoms with Crippen LogP contribution in [-0.2, 0) is 6.54 Å². The molecule has 0 aliphatic heterocycles. The summed E-state index contributed by atoms with van der Waals surface area (Å²) in [5.74, 6) is 5.53. The zero-order chi connectivity index (χ0) is 11.4. The van der Waals surface area contributed by atoms with Gasteiger partial charge in [-0.25, -0.2) is 0 Å². The number of aliphatic hydroxyl groups is 1. The van der Waals surface area contributed by atoms with Crippen molar-refractivity contribution in [1.82, 2.24) is 9.78 Å². The van der Waals surface area contributed by atoms with Gasteiger partial charge in [-0.15, -0.1) is 11.3 Å². The van der Waals surface area contributed by atoms with E-state index in [0.717, 1.165) is 17.0 Å². The molecule has 0 aromatic carbocycles. The molecule has 2 heterocycles. The average Bonchev–Trinajstić information content (AvgIpc) is 2.86. The van der Waals surface area contributed by atoms with Gasteiger partial charge in [0.1, 0.15) is 6.61 Å². The van der Waals surface area contributed by atoms with Gasteiger partial charge in [0.15, 0.2) is 0 Å². The molecule has 0 saturated carbocycles. The molecule has 0 radical (unpaired) electrons. The fourth-order valence-corrected chi connectivity index (χ4v) is 2.24. The first-order valence-electron chi connectivity index (χ1n) is 4.95. The van der Waals surface area contributed by atoms with Gasteiger partial charge in [-0.2, -0.15) is 5.10 Å². The molecule has 0 aliphatic carbocycles. The maximum absolute atomic E-state index is 8.59. The molecule has 16 heavy (non-hydrogen) atoms. The lowest BCUT2D eigenvalue weighted by Crippen LogP contribution is -1.97. The maximum atomic E-state index is 8.59. The summed E-state index contributed by atoms with van der Waals surface area (Å²) in [6.07, 6.45) is 3.86. The van der Waals surface area contributed by atoms with Gasteiger partial charge in [-0.1, -0.05) is 11.8 Å². The number of hydrogen-bond acceptors (Lipinski definition) is 3. The molecule has 0 amide bonds. The van der Waals surface area contributed by atoms with E-state index in [2.05, 4.69) is 16.9 Å². The van der Waals surface area contributed by atoms with Crippen LogP contribution in [0.2, 0.25) is 0 Å². The zero-order valence-corrected chi connectivity index (χ0v) is 9.79. The number of nitrogens with zero attached hydrogens (tertiary/aromatic N) is 2. The van der Waals surface area contributed by atoms with Crippen LogP contribution in [0.4, 0.5) is 0 Å². The second kappa shape index (κ2) is 4.97. The van der Waals surface area contributed by atoms with E-state index in [1.54, 1.807) is 11.3 Å². The van der Waals surface area contributed by atoms with Gasteiger partial charge >= 0.3 is 0 Å². The maximum Gasteiger partial charge on any atom is 0.104 e. The standard InChI is InChI=1S/C12H12N2OS/c1-10-7-13-14(8-10)9-12-5-4-11(16-12)3-2-6-15/h4-5,7-8,15H,6,9H2,1H3. The summed E-state index contributed by atoms with van der Waals surface area (Å²) in [4.78, 5) is 2.19. The Labute approximate surface area is 98.4 Å². The van der Waals surface area contributed by atoms with Crippen LogP contribution in [0.1, 0.15) is 15.3 Å². The van der Waals surface area contributed by atoms with Gasteiger partial charge < -0.3 is 5.11 Å². The van der Waals surface area contributed by atoms with Crippen LogP contribution in [0.3, 0.4) is 0 Å². The topological polar surface area (TPSA) is 38.0 Å². The molecule has 0 fully saturated rings. The Morgan fingerprint density at radius 3 is 3.06 bits per heavy atom. The van der Waals surface area contributed by atoms with Crippen molar-refractivity contribution in [2.75, 3.05) is 6.61 Å². The molecule has 4 heteroatoms. The third-order valence-electron chi connectivity index (χ3n) is 2.03. The van der Waals surface area contributed by atoms with E-state index in [4.69, 9.17) is 5.11 Å². The van der Waals surface area contributed by atoms with Crippen molar-refractivity contribution in [2.24, 2.45) is 0 Å². The Morgan fingerprint density at radius 1 is 1.50 bits per heavy atom. The fourth-order valence-electron chi connectivity index (χ4n) is 1.37. The second-order valence-corrected chi connectivity index (χ2v) is 4.61. The number of aromatic nitrogens is 2. The van der Waals surface area contributed by atoms with Crippen molar-refractivity contribution < 1.29 is 5.11 Å². The van der Waals surface area contributed by atoms with Crippen molar-refractivity contribution in [3.05, 3.63) is 39.8 Å². The van der Waals surface area contributed by atoms with Crippen molar-refractivity contribution in [2.45, 2.75) is 13.5 Å². The van der Waals surface area contributed by atoms with Crippen molar-refractivity contribution in [3.8, 4) is 11.8 Å². The van der Waals surface area contributed by atoms with E-state index in [-0.39, 0.29) is 6.61 Å². The summed E-state index contributed by atoms with van der Waals surface area (Å²) in [5, 5.41) is 12.8. The van der Waals surface area contributed by atoms with Gasteiger partial charge in [0.2, 0.25) is 0 Å². The molecule has 2 aromatic rings. The molecule has 2 aromatic heterocycles. The van der Waals surface area contributed by atoms with Crippen LogP contribution in [0, 0.1) is 18.8 Å². The van der Waals surface area contributed by atoms with Crippen molar-refractivity contribution in [3.63, 3.8) is 0 Å². The average molecular weight is 232 g/mol. The molecule has 0 spiro atoms. The van der Waals surface area contributed by atoms with E-state index in [1.165, 1.54) is 4.88 Å². The summed E-state index contributed by atoms with van der Waals surface area (Å²) in [5.41, 5.74) is 1.16. The third-order valence-corrected chi connectivity index (χ3v) is 3.02. The highest BCUT2D eigenvalue weighted by Gasteiger charge is 2.00. The summed E-state index contributed by atoms with van der Waals surface area (Å²) >= 11 is 1.63. The Balaban J connectivity index is 2.08. The lowest BCUT2D eigenvalue weighted by Gasteiger charge is -1.96. The molecule has 0 unspecified atom stereocenters. The molecule has 1 N–H and O–H groups in total. The minimum absolute atomic E-state index is 0.0917. The molecule has 82 valence electrons. The predicted octanol–water partition coefficient (Wildman–Crippen LogP) is 1.65. The minimum atomic E-state index is -0.0917. The molecular weight excluding hydrogens is 220 g/mol. The monoisotopic (exact) mass is 232 g/mol. The van der Waals surface area contributed by atoms with Crippen molar-refractivity contribution >= 4 is 11.3 Å². The highest BCUT2D eigenvalue weighted by molar-refractivity contribution is 7.12. The number of aryl methyl sites for hydroxylation is 1. The molecule has 0 aliphatic rings. The molecule has 2 rings (SSSR count). The SMILES string of the molecule is Cc1cnn(Cc2ccc(C#CCO)s2)c1. The predicted molar refractivity (Wildman–Crippen MR) is 64.3 cm³/mol. The first-order valence-corrected chi connectivity index (χ1v) is 5.77. The Hall–Kier alpha value is -1.57. The van der Waals surface area contributed by atoms with Crippen LogP contribution in [0.25, 0.3) is 0 Å². The number of aliphatic hydroxyl groups excluding tert-OH is 1. The van der Waals surface area contributed by atoms with Gasteiger partial charge in [0.05, 0.1) is 17.6 Å². The molecule has 0 bridgehead atoms. The molecule has 0 atom stereocenters. The van der Waals surface area contributed by atoms with Crippen LogP contribution in [-0.4, -0.2) is 21.5 Å². The van der Waals surface area contributed by atoms with E-state index >= 15 is 0 Å². The first-order chi connectivity index (χ1) is 7.78. The number of rotatable bonds is 2. The highest BCUT2D eigenvalue weighted by atomic mass is 32.1. The van der Waals surface area contributed by atoms with E-state index in [1.807, 2.05) is 36.1 Å². The number of thiophene rings is 1. The van der Waals surface area contributed by atoms with Crippen molar-refractivity contribution in [1.29, 1.82) is 0 Å². The smallest absolute Gasteiger partial charge is 0.104 e. The highest BCUT2D eigenvalue weighted by Crippen LogP contribution is 2.16. The van der Waals surface area contributed by atoms with Gasteiger partial charge in [-0.05, 0) is 24.6 Å². The Bertz CT molecular complexity index is 530. The molecule has 0 saturated heterocycles. The van der Waals surface area contributed by atoms with E-state index in [9.17, 15) is 0 Å². The van der Waals surface area contributed by atoms with Crippen LogP contribution in [0.5, 0.6) is 0 Å². The largest absolute Gasteiger partial charge is 0.384 e. The molecule has 3 nitrogen and oxygen atoms in total. The fraction of sp³-hybridized carbons (Fsp3) is 0.250. The van der Waals surface area contributed by atoms with Crippen LogP contribution in [0.15, 0.2) is 24.5 Å². The summed E-state index contributed by atoms with van der Waals surface area (Å²) < 4.78 is 1.91. The van der Waals surface area contributed by atoms with Gasteiger partial charge in [0, 0.05) is 11.1 Å². The Kier molecular flexibility index (Phi) is 3.40. The summed E-state index contributed by atoms with van der Waals surface area (Å²) in [7, 11) is 0. The van der Waals surface area contributed by atoms with E-state index in [0.29, 0.717) is 0 Å². The summed E-state index contributed by atoms with van der Waals surface area (Å²) in [6, 6.07) is 4.02. The lowest BCUT2D eigenvalue weighted by molar-refractivity contribution is 0.350. The number of hydrogen-bond donors (Lipinski definition) is 1. The summed E-state index contributed by atoms with van der Waals surface area (Å²) in [6.45, 7) is 2.71. The minimum Gasteiger partial charge on any atom is -0.384 e. The molecular formula is C12H12N2OS. The normalized spacial score (nSPS) is 9.88. The lowest BCUT2D eigenvalue weighted by atomic mass is 10.4. The Morgan fingerprint density at radius 2 is 2.38 bits per heavy atom. The van der Waals surface area contributed by atoms with Crippen LogP contribution < -0.4 is 0 Å². The van der Waals surface area contributed by atoms with Gasteiger partial charge in [-0.3, -0.25) is 4.68 Å². The zero-order valence-electron chi connectivity index (χ0n) is 8.97.